The normalized spacial score (nSPS) is 55.8. The minimum atomic E-state index is -0.555. The van der Waals surface area contributed by atoms with E-state index in [1.165, 1.54) is 44.9 Å². The van der Waals surface area contributed by atoms with Crippen molar-refractivity contribution in [3.63, 3.8) is 0 Å². The molecule has 4 rings (SSSR count). The Morgan fingerprint density at radius 2 is 1.70 bits per heavy atom. The Labute approximate surface area is 141 Å². The van der Waals surface area contributed by atoms with Crippen LogP contribution in [0.4, 0.5) is 4.39 Å². The predicted octanol–water partition coefficient (Wildman–Crippen LogP) is 5.37. The van der Waals surface area contributed by atoms with Crippen LogP contribution < -0.4 is 0 Å². The van der Waals surface area contributed by atoms with Gasteiger partial charge in [-0.1, -0.05) is 26.7 Å². The molecule has 4 saturated carbocycles. The molecule has 0 aliphatic heterocycles. The number of aliphatic hydroxyl groups is 1. The van der Waals surface area contributed by atoms with Gasteiger partial charge in [0.2, 0.25) is 0 Å². The van der Waals surface area contributed by atoms with E-state index >= 15 is 4.39 Å². The van der Waals surface area contributed by atoms with Crippen molar-refractivity contribution in [2.45, 2.75) is 84.2 Å². The van der Waals surface area contributed by atoms with Crippen LogP contribution >= 0.6 is 0 Å². The summed E-state index contributed by atoms with van der Waals surface area (Å²) in [6.07, 6.45) is 11.4. The first kappa shape index (κ1) is 16.4. The Hall–Kier alpha value is -0.110. The third-order valence-electron chi connectivity index (χ3n) is 9.22. The van der Waals surface area contributed by atoms with Crippen LogP contribution in [-0.2, 0) is 0 Å². The van der Waals surface area contributed by atoms with E-state index in [0.717, 1.165) is 31.1 Å². The summed E-state index contributed by atoms with van der Waals surface area (Å²) in [7, 11) is 0. The molecule has 0 aromatic heterocycles. The molecular formula is C21H35FO. The maximum absolute atomic E-state index is 15.1. The first-order chi connectivity index (χ1) is 11.0. The highest BCUT2D eigenvalue weighted by atomic mass is 19.1. The van der Waals surface area contributed by atoms with Crippen molar-refractivity contribution in [1.82, 2.24) is 0 Å². The molecule has 0 saturated heterocycles. The summed E-state index contributed by atoms with van der Waals surface area (Å²) < 4.78 is 15.1. The second-order valence-corrected chi connectivity index (χ2v) is 9.82. The van der Waals surface area contributed by atoms with E-state index in [1.54, 1.807) is 0 Å². The van der Waals surface area contributed by atoms with Crippen LogP contribution in [0.25, 0.3) is 0 Å². The van der Waals surface area contributed by atoms with Crippen LogP contribution in [0.15, 0.2) is 0 Å². The molecule has 0 aromatic carbocycles. The van der Waals surface area contributed by atoms with Gasteiger partial charge in [0.25, 0.3) is 0 Å². The molecule has 4 aliphatic carbocycles. The first-order valence-electron chi connectivity index (χ1n) is 10.3. The maximum Gasteiger partial charge on any atom is 0.104 e. The minimum absolute atomic E-state index is 0.275. The zero-order valence-electron chi connectivity index (χ0n) is 15.1. The smallest absolute Gasteiger partial charge is 0.104 e. The minimum Gasteiger partial charge on any atom is -0.396 e. The zero-order chi connectivity index (χ0) is 16.2. The number of rotatable bonds is 2. The number of alkyl halides is 1. The SMILES string of the molecule is C[C@]12CC[C@H]3[C@@H](C[C@H](F)C4CCCC[C@@]43C)[C@@H]1CC[C@@H]2CCO. The highest BCUT2D eigenvalue weighted by Crippen LogP contribution is 2.68. The molecule has 2 heteroatoms. The van der Waals surface area contributed by atoms with Gasteiger partial charge >= 0.3 is 0 Å². The molecular weight excluding hydrogens is 287 g/mol. The van der Waals surface area contributed by atoms with Gasteiger partial charge < -0.3 is 5.11 Å². The lowest BCUT2D eigenvalue weighted by Crippen LogP contribution is -2.56. The van der Waals surface area contributed by atoms with Gasteiger partial charge in [-0.25, -0.2) is 4.39 Å². The van der Waals surface area contributed by atoms with E-state index in [9.17, 15) is 5.11 Å². The molecule has 0 aromatic rings. The molecule has 4 fully saturated rings. The lowest BCUT2D eigenvalue weighted by atomic mass is 9.44. The lowest BCUT2D eigenvalue weighted by Gasteiger charge is -2.61. The van der Waals surface area contributed by atoms with Crippen molar-refractivity contribution < 1.29 is 9.50 Å². The van der Waals surface area contributed by atoms with Gasteiger partial charge in [0.05, 0.1) is 0 Å². The summed E-state index contributed by atoms with van der Waals surface area (Å²) in [5.41, 5.74) is 0.651. The van der Waals surface area contributed by atoms with Crippen LogP contribution in [0.3, 0.4) is 0 Å². The standard InChI is InChI=1S/C21H35FO/c1-20-11-8-17-15(16(20)7-6-14(20)9-12-23)13-19(22)18-5-3-4-10-21(17,18)2/h14-19,23H,3-13H2,1-2H3/t14-,15+,16+,17+,18?,19+,20-,21-/m1/s1. The Morgan fingerprint density at radius 1 is 0.913 bits per heavy atom. The van der Waals surface area contributed by atoms with Gasteiger partial charge in [0.1, 0.15) is 6.17 Å². The van der Waals surface area contributed by atoms with Crippen LogP contribution in [0.1, 0.15) is 78.1 Å². The molecule has 4 aliphatic rings. The Balaban J connectivity index is 1.63. The number of halogens is 1. The number of fused-ring (bicyclic) bond motifs is 5. The van der Waals surface area contributed by atoms with Crippen LogP contribution in [-0.4, -0.2) is 17.9 Å². The second kappa shape index (κ2) is 5.71. The summed E-state index contributed by atoms with van der Waals surface area (Å²) in [5.74, 6) is 3.12. The van der Waals surface area contributed by atoms with Crippen molar-refractivity contribution in [2.24, 2.45) is 40.4 Å². The number of hydrogen-bond donors (Lipinski definition) is 1. The van der Waals surface area contributed by atoms with E-state index < -0.39 is 6.17 Å². The fourth-order valence-corrected chi connectivity index (χ4v) is 8.04. The van der Waals surface area contributed by atoms with Crippen LogP contribution in [0.2, 0.25) is 0 Å². The molecule has 132 valence electrons. The number of hydrogen-bond acceptors (Lipinski definition) is 1. The van der Waals surface area contributed by atoms with E-state index in [4.69, 9.17) is 0 Å². The highest BCUT2D eigenvalue weighted by molar-refractivity contribution is 5.10. The highest BCUT2D eigenvalue weighted by Gasteiger charge is 2.61. The molecule has 0 radical (unpaired) electrons. The Kier molecular flexibility index (Phi) is 4.06. The summed E-state index contributed by atoms with van der Waals surface area (Å²) >= 11 is 0. The molecule has 1 nitrogen and oxygen atoms in total. The van der Waals surface area contributed by atoms with Crippen molar-refractivity contribution in [3.05, 3.63) is 0 Å². The number of aliphatic hydroxyl groups excluding tert-OH is 1. The van der Waals surface area contributed by atoms with Gasteiger partial charge in [-0.3, -0.25) is 0 Å². The average molecular weight is 323 g/mol. The molecule has 0 amide bonds. The molecule has 1 unspecified atom stereocenters. The lowest BCUT2D eigenvalue weighted by molar-refractivity contribution is -0.140. The van der Waals surface area contributed by atoms with Gasteiger partial charge in [-0.05, 0) is 91.8 Å². The Morgan fingerprint density at radius 3 is 2.48 bits per heavy atom. The molecule has 0 heterocycles. The molecule has 0 bridgehead atoms. The van der Waals surface area contributed by atoms with E-state index in [1.807, 2.05) is 0 Å². The molecule has 1 N–H and O–H groups in total. The summed E-state index contributed by atoms with van der Waals surface area (Å²) in [6, 6.07) is 0. The summed E-state index contributed by atoms with van der Waals surface area (Å²) in [6.45, 7) is 5.25. The first-order valence-corrected chi connectivity index (χ1v) is 10.3. The van der Waals surface area contributed by atoms with Gasteiger partial charge in [-0.15, -0.1) is 0 Å². The third-order valence-corrected chi connectivity index (χ3v) is 9.22. The quantitative estimate of drug-likeness (QED) is 0.725. The molecule has 23 heavy (non-hydrogen) atoms. The van der Waals surface area contributed by atoms with Gasteiger partial charge in [-0.2, -0.15) is 0 Å². The van der Waals surface area contributed by atoms with Crippen molar-refractivity contribution in [1.29, 1.82) is 0 Å². The molecule has 0 spiro atoms. The largest absolute Gasteiger partial charge is 0.396 e. The third kappa shape index (κ3) is 2.26. The van der Waals surface area contributed by atoms with Crippen molar-refractivity contribution >= 4 is 0 Å². The Bertz CT molecular complexity index is 451. The summed E-state index contributed by atoms with van der Waals surface area (Å²) in [4.78, 5) is 0. The van der Waals surface area contributed by atoms with E-state index in [0.29, 0.717) is 29.8 Å². The van der Waals surface area contributed by atoms with Crippen LogP contribution in [0.5, 0.6) is 0 Å². The van der Waals surface area contributed by atoms with E-state index in [2.05, 4.69) is 13.8 Å². The average Bonchev–Trinajstić information content (AvgIpc) is 2.85. The van der Waals surface area contributed by atoms with Gasteiger partial charge in [0.15, 0.2) is 0 Å². The van der Waals surface area contributed by atoms with Crippen LogP contribution in [0, 0.1) is 40.4 Å². The van der Waals surface area contributed by atoms with E-state index in [-0.39, 0.29) is 5.41 Å². The predicted molar refractivity (Wildman–Crippen MR) is 91.8 cm³/mol. The zero-order valence-corrected chi connectivity index (χ0v) is 15.1. The fourth-order valence-electron chi connectivity index (χ4n) is 8.04. The summed E-state index contributed by atoms with van der Waals surface area (Å²) in [5, 5.41) is 9.44. The topological polar surface area (TPSA) is 20.2 Å². The molecule has 8 atom stereocenters. The monoisotopic (exact) mass is 322 g/mol. The van der Waals surface area contributed by atoms with Crippen molar-refractivity contribution in [2.75, 3.05) is 6.61 Å². The fraction of sp³-hybridized carbons (Fsp3) is 1.00. The van der Waals surface area contributed by atoms with Gasteiger partial charge in [0, 0.05) is 6.61 Å². The van der Waals surface area contributed by atoms with Crippen molar-refractivity contribution in [3.8, 4) is 0 Å². The second-order valence-electron chi connectivity index (χ2n) is 9.82. The maximum atomic E-state index is 15.1.